The van der Waals surface area contributed by atoms with Gasteiger partial charge in [0.2, 0.25) is 6.41 Å². The van der Waals surface area contributed by atoms with E-state index in [0.29, 0.717) is 6.41 Å². The first-order valence-electron chi connectivity index (χ1n) is 2.59. The van der Waals surface area contributed by atoms with Crippen LogP contribution in [-0.2, 0) is 4.79 Å². The van der Waals surface area contributed by atoms with Crippen molar-refractivity contribution in [3.8, 4) is 0 Å². The van der Waals surface area contributed by atoms with Crippen molar-refractivity contribution >= 4 is 12.1 Å². The Morgan fingerprint density at radius 2 is 2.38 bits per heavy atom. The minimum Gasteiger partial charge on any atom is -0.355 e. The van der Waals surface area contributed by atoms with Crippen LogP contribution in [0.5, 0.6) is 0 Å². The van der Waals surface area contributed by atoms with Gasteiger partial charge in [-0.3, -0.25) is 4.79 Å². The molecule has 1 aliphatic rings. The molecular formula is C5H8N2O. The summed E-state index contributed by atoms with van der Waals surface area (Å²) < 4.78 is 0. The summed E-state index contributed by atoms with van der Waals surface area (Å²) in [6, 6.07) is 0.264. The van der Waals surface area contributed by atoms with E-state index in [1.54, 1.807) is 0 Å². The van der Waals surface area contributed by atoms with Crippen LogP contribution in [0.3, 0.4) is 0 Å². The lowest BCUT2D eigenvalue weighted by atomic mass is 9.91. The van der Waals surface area contributed by atoms with Crippen molar-refractivity contribution in [1.82, 2.24) is 5.32 Å². The fourth-order valence-corrected chi connectivity index (χ4v) is 0.749. The first-order chi connectivity index (χ1) is 3.83. The predicted octanol–water partition coefficient (Wildman–Crippen LogP) is -0.0854. The molecule has 1 amide bonds. The van der Waals surface area contributed by atoms with Crippen molar-refractivity contribution in [3.05, 3.63) is 0 Å². The summed E-state index contributed by atoms with van der Waals surface area (Å²) in [5.74, 6) is 0. The van der Waals surface area contributed by atoms with Gasteiger partial charge < -0.3 is 10.7 Å². The minimum absolute atomic E-state index is 0.264. The molecule has 0 aromatic carbocycles. The smallest absolute Gasteiger partial charge is 0.207 e. The van der Waals surface area contributed by atoms with Crippen LogP contribution in [0.15, 0.2) is 0 Å². The quantitative estimate of drug-likeness (QED) is 0.482. The Labute approximate surface area is 47.6 Å². The van der Waals surface area contributed by atoms with E-state index in [-0.39, 0.29) is 6.04 Å². The SMILES string of the molecule is N=C1CC(NC=O)C1. The van der Waals surface area contributed by atoms with E-state index in [1.165, 1.54) is 0 Å². The maximum atomic E-state index is 9.73. The zero-order chi connectivity index (χ0) is 5.98. The number of hydrogen-bond acceptors (Lipinski definition) is 2. The van der Waals surface area contributed by atoms with Crippen molar-refractivity contribution in [2.24, 2.45) is 0 Å². The first kappa shape index (κ1) is 5.28. The van der Waals surface area contributed by atoms with Gasteiger partial charge in [-0.2, -0.15) is 0 Å². The molecule has 1 fully saturated rings. The molecule has 0 aromatic rings. The fourth-order valence-electron chi connectivity index (χ4n) is 0.749. The van der Waals surface area contributed by atoms with E-state index >= 15 is 0 Å². The van der Waals surface area contributed by atoms with E-state index in [9.17, 15) is 4.79 Å². The van der Waals surface area contributed by atoms with Gasteiger partial charge in [-0.1, -0.05) is 0 Å². The Morgan fingerprint density at radius 3 is 2.75 bits per heavy atom. The van der Waals surface area contributed by atoms with Gasteiger partial charge in [0.1, 0.15) is 0 Å². The Bertz CT molecular complexity index is 111. The molecule has 3 heteroatoms. The highest BCUT2D eigenvalue weighted by Crippen LogP contribution is 2.12. The Kier molecular flexibility index (Phi) is 1.28. The average Bonchev–Trinajstić information content (AvgIpc) is 1.64. The van der Waals surface area contributed by atoms with Gasteiger partial charge >= 0.3 is 0 Å². The molecule has 1 rings (SSSR count). The average molecular weight is 112 g/mol. The highest BCUT2D eigenvalue weighted by atomic mass is 16.1. The Hall–Kier alpha value is -0.860. The van der Waals surface area contributed by atoms with Gasteiger partial charge in [0.15, 0.2) is 0 Å². The highest BCUT2D eigenvalue weighted by molar-refractivity contribution is 5.88. The standard InChI is InChI=1S/C5H8N2O/c6-4-1-5(2-4)7-3-8/h3,5-6H,1-2H2,(H,7,8). The van der Waals surface area contributed by atoms with Gasteiger partial charge in [-0.05, 0) is 0 Å². The molecule has 0 unspecified atom stereocenters. The molecule has 0 radical (unpaired) electrons. The number of rotatable bonds is 2. The van der Waals surface area contributed by atoms with Crippen LogP contribution in [0.2, 0.25) is 0 Å². The van der Waals surface area contributed by atoms with Gasteiger partial charge in [0, 0.05) is 24.6 Å². The van der Waals surface area contributed by atoms with Gasteiger partial charge in [-0.25, -0.2) is 0 Å². The lowest BCUT2D eigenvalue weighted by molar-refractivity contribution is -0.110. The summed E-state index contributed by atoms with van der Waals surface area (Å²) in [5.41, 5.74) is 0.740. The first-order valence-corrected chi connectivity index (χ1v) is 2.59. The maximum absolute atomic E-state index is 9.73. The number of amides is 1. The van der Waals surface area contributed by atoms with E-state index < -0.39 is 0 Å². The van der Waals surface area contributed by atoms with Gasteiger partial charge in [-0.15, -0.1) is 0 Å². The number of carbonyl (C=O) groups is 1. The predicted molar refractivity (Wildman–Crippen MR) is 29.9 cm³/mol. The summed E-state index contributed by atoms with van der Waals surface area (Å²) in [4.78, 5) is 9.73. The van der Waals surface area contributed by atoms with Gasteiger partial charge in [0.05, 0.1) is 0 Å². The van der Waals surface area contributed by atoms with Crippen LogP contribution >= 0.6 is 0 Å². The number of hydrogen-bond donors (Lipinski definition) is 2. The fraction of sp³-hybridized carbons (Fsp3) is 0.600. The van der Waals surface area contributed by atoms with E-state index in [0.717, 1.165) is 18.6 Å². The summed E-state index contributed by atoms with van der Waals surface area (Å²) in [6.45, 7) is 0. The molecule has 0 saturated heterocycles. The number of carbonyl (C=O) groups excluding carboxylic acids is 1. The van der Waals surface area contributed by atoms with Crippen molar-refractivity contribution in [2.75, 3.05) is 0 Å². The van der Waals surface area contributed by atoms with Crippen LogP contribution in [0.4, 0.5) is 0 Å². The second kappa shape index (κ2) is 1.94. The molecule has 8 heavy (non-hydrogen) atoms. The monoisotopic (exact) mass is 112 g/mol. The van der Waals surface area contributed by atoms with Crippen LogP contribution in [-0.4, -0.2) is 18.2 Å². The second-order valence-electron chi connectivity index (χ2n) is 1.99. The molecule has 0 bridgehead atoms. The molecule has 3 nitrogen and oxygen atoms in total. The molecule has 44 valence electrons. The van der Waals surface area contributed by atoms with Crippen LogP contribution < -0.4 is 5.32 Å². The third kappa shape index (κ3) is 0.857. The largest absolute Gasteiger partial charge is 0.355 e. The summed E-state index contributed by atoms with van der Waals surface area (Å²) in [5, 5.41) is 9.57. The topological polar surface area (TPSA) is 53.0 Å². The van der Waals surface area contributed by atoms with Crippen molar-refractivity contribution in [2.45, 2.75) is 18.9 Å². The molecule has 1 aliphatic carbocycles. The molecule has 0 spiro atoms. The van der Waals surface area contributed by atoms with Crippen molar-refractivity contribution in [1.29, 1.82) is 5.41 Å². The van der Waals surface area contributed by atoms with E-state index in [1.807, 2.05) is 0 Å². The molecule has 2 N–H and O–H groups in total. The van der Waals surface area contributed by atoms with Gasteiger partial charge in [0.25, 0.3) is 0 Å². The molecule has 0 heterocycles. The maximum Gasteiger partial charge on any atom is 0.207 e. The zero-order valence-corrected chi connectivity index (χ0v) is 4.48. The lowest BCUT2D eigenvalue weighted by Gasteiger charge is -2.25. The van der Waals surface area contributed by atoms with E-state index in [4.69, 9.17) is 5.41 Å². The second-order valence-corrected chi connectivity index (χ2v) is 1.99. The molecule has 1 saturated carbocycles. The normalized spacial score (nSPS) is 26.5. The van der Waals surface area contributed by atoms with Crippen molar-refractivity contribution in [3.63, 3.8) is 0 Å². The molecular weight excluding hydrogens is 104 g/mol. The van der Waals surface area contributed by atoms with Crippen LogP contribution in [0.25, 0.3) is 0 Å². The third-order valence-electron chi connectivity index (χ3n) is 1.29. The van der Waals surface area contributed by atoms with Crippen LogP contribution in [0, 0.1) is 5.41 Å². The summed E-state index contributed by atoms with van der Waals surface area (Å²) in [6.07, 6.45) is 2.19. The highest BCUT2D eigenvalue weighted by Gasteiger charge is 2.21. The zero-order valence-electron chi connectivity index (χ0n) is 4.48. The third-order valence-corrected chi connectivity index (χ3v) is 1.29. The van der Waals surface area contributed by atoms with Crippen molar-refractivity contribution < 1.29 is 4.79 Å². The van der Waals surface area contributed by atoms with E-state index in [2.05, 4.69) is 5.32 Å². The molecule has 0 aromatic heterocycles. The minimum atomic E-state index is 0.264. The summed E-state index contributed by atoms with van der Waals surface area (Å²) in [7, 11) is 0. The molecule has 0 aliphatic heterocycles. The Morgan fingerprint density at radius 1 is 1.75 bits per heavy atom. The van der Waals surface area contributed by atoms with Crippen LogP contribution in [0.1, 0.15) is 12.8 Å². The number of nitrogens with one attached hydrogen (secondary N) is 2. The summed E-state index contributed by atoms with van der Waals surface area (Å²) >= 11 is 0. The molecule has 0 atom stereocenters. The lowest BCUT2D eigenvalue weighted by Crippen LogP contribution is -2.40. The Balaban J connectivity index is 2.15.